The second-order valence-corrected chi connectivity index (χ2v) is 4.49. The summed E-state index contributed by atoms with van der Waals surface area (Å²) in [5, 5.41) is 6.12. The van der Waals surface area contributed by atoms with Crippen molar-refractivity contribution in [3.05, 3.63) is 40.5 Å². The Hall–Kier alpha value is -1.53. The number of nitrogens with two attached hydrogens (primary N) is 1. The predicted octanol–water partition coefficient (Wildman–Crippen LogP) is 1.78. The number of thiocarbonyl (C=S) groups is 1. The first kappa shape index (κ1) is 11.0. The molecule has 0 atom stereocenters. The normalized spacial score (nSPS) is 10.0. The summed E-state index contributed by atoms with van der Waals surface area (Å²) in [6.07, 6.45) is 3.46. The average Bonchev–Trinajstić information content (AvgIpc) is 2.79. The highest BCUT2D eigenvalue weighted by molar-refractivity contribution is 7.80. The molecule has 0 aromatic carbocycles. The van der Waals surface area contributed by atoms with Gasteiger partial charge in [-0.25, -0.2) is 9.97 Å². The number of hydrogen-bond acceptors (Lipinski definition) is 5. The minimum absolute atomic E-state index is 0.375. The van der Waals surface area contributed by atoms with Crippen LogP contribution in [-0.2, 0) is 6.54 Å². The lowest BCUT2D eigenvalue weighted by atomic mass is 10.2. The maximum Gasteiger partial charge on any atom is 0.126 e. The lowest BCUT2D eigenvalue weighted by Gasteiger charge is -2.04. The molecule has 0 amide bonds. The van der Waals surface area contributed by atoms with E-state index in [0.717, 1.165) is 16.4 Å². The molecule has 2 aromatic heterocycles. The van der Waals surface area contributed by atoms with Gasteiger partial charge in [-0.1, -0.05) is 12.2 Å². The second kappa shape index (κ2) is 5.00. The molecule has 0 aliphatic heterocycles. The molecule has 0 spiro atoms. The van der Waals surface area contributed by atoms with Gasteiger partial charge < -0.3 is 11.1 Å². The summed E-state index contributed by atoms with van der Waals surface area (Å²) in [5.41, 5.74) is 6.35. The number of aromatic nitrogens is 2. The minimum atomic E-state index is 0.375. The van der Waals surface area contributed by atoms with Gasteiger partial charge in [-0.15, -0.1) is 11.3 Å². The Morgan fingerprint density at radius 3 is 3.00 bits per heavy atom. The lowest BCUT2D eigenvalue weighted by Crippen LogP contribution is -2.10. The van der Waals surface area contributed by atoms with Crippen molar-refractivity contribution in [1.29, 1.82) is 0 Å². The van der Waals surface area contributed by atoms with Crippen molar-refractivity contribution in [1.82, 2.24) is 9.97 Å². The van der Waals surface area contributed by atoms with Crippen molar-refractivity contribution in [2.75, 3.05) is 5.32 Å². The lowest BCUT2D eigenvalue weighted by molar-refractivity contribution is 1.08. The van der Waals surface area contributed by atoms with Crippen LogP contribution in [0.25, 0.3) is 0 Å². The van der Waals surface area contributed by atoms with Gasteiger partial charge in [-0.2, -0.15) is 0 Å². The molecule has 0 radical (unpaired) electrons. The van der Waals surface area contributed by atoms with Crippen LogP contribution in [0.4, 0.5) is 5.82 Å². The van der Waals surface area contributed by atoms with E-state index in [4.69, 9.17) is 18.0 Å². The van der Waals surface area contributed by atoms with Crippen LogP contribution in [0.3, 0.4) is 0 Å². The van der Waals surface area contributed by atoms with Crippen molar-refractivity contribution in [3.8, 4) is 0 Å². The Kier molecular flexibility index (Phi) is 3.43. The number of rotatable bonds is 4. The summed E-state index contributed by atoms with van der Waals surface area (Å²) in [6, 6.07) is 3.62. The zero-order chi connectivity index (χ0) is 11.4. The van der Waals surface area contributed by atoms with Gasteiger partial charge in [0.1, 0.15) is 15.8 Å². The molecule has 16 heavy (non-hydrogen) atoms. The van der Waals surface area contributed by atoms with E-state index in [2.05, 4.69) is 15.3 Å². The fourth-order valence-corrected chi connectivity index (χ4v) is 1.87. The smallest absolute Gasteiger partial charge is 0.126 e. The van der Waals surface area contributed by atoms with E-state index in [1.807, 2.05) is 11.4 Å². The molecule has 2 heterocycles. The SMILES string of the molecule is NC(=S)c1ccnc(NCc2nccs2)c1. The van der Waals surface area contributed by atoms with E-state index >= 15 is 0 Å². The molecule has 0 fully saturated rings. The Labute approximate surface area is 103 Å². The molecule has 82 valence electrons. The van der Waals surface area contributed by atoms with Gasteiger partial charge in [-0.05, 0) is 12.1 Å². The number of nitrogens with one attached hydrogen (secondary N) is 1. The minimum Gasteiger partial charge on any atom is -0.389 e. The Bertz CT molecular complexity index is 481. The van der Waals surface area contributed by atoms with Crippen LogP contribution in [0.2, 0.25) is 0 Å². The number of thiazole rings is 1. The van der Waals surface area contributed by atoms with Crippen LogP contribution in [0.5, 0.6) is 0 Å². The van der Waals surface area contributed by atoms with E-state index in [1.54, 1.807) is 29.8 Å². The largest absolute Gasteiger partial charge is 0.389 e. The summed E-state index contributed by atoms with van der Waals surface area (Å²) in [7, 11) is 0. The zero-order valence-corrected chi connectivity index (χ0v) is 10.0. The highest BCUT2D eigenvalue weighted by Crippen LogP contribution is 2.10. The van der Waals surface area contributed by atoms with Crippen LogP contribution in [-0.4, -0.2) is 15.0 Å². The standard InChI is InChI=1S/C10H10N4S2/c11-10(15)7-1-2-12-8(5-7)14-6-9-13-3-4-16-9/h1-5H,6H2,(H2,11,15)(H,12,14). The van der Waals surface area contributed by atoms with Crippen LogP contribution >= 0.6 is 23.6 Å². The molecule has 0 saturated carbocycles. The monoisotopic (exact) mass is 250 g/mol. The maximum atomic E-state index is 5.54. The van der Waals surface area contributed by atoms with Gasteiger partial charge in [0.2, 0.25) is 0 Å². The summed E-state index contributed by atoms with van der Waals surface area (Å²) < 4.78 is 0. The molecule has 0 bridgehead atoms. The molecule has 0 unspecified atom stereocenters. The van der Waals surface area contributed by atoms with Crippen molar-refractivity contribution in [2.24, 2.45) is 5.73 Å². The number of hydrogen-bond donors (Lipinski definition) is 2. The average molecular weight is 250 g/mol. The number of nitrogens with zero attached hydrogens (tertiary/aromatic N) is 2. The van der Waals surface area contributed by atoms with Gasteiger partial charge in [0.25, 0.3) is 0 Å². The highest BCUT2D eigenvalue weighted by atomic mass is 32.1. The third-order valence-corrected chi connectivity index (χ3v) is 2.96. The van der Waals surface area contributed by atoms with Gasteiger partial charge in [0.05, 0.1) is 6.54 Å². The topological polar surface area (TPSA) is 63.8 Å². The summed E-state index contributed by atoms with van der Waals surface area (Å²) >= 11 is 6.50. The number of anilines is 1. The predicted molar refractivity (Wildman–Crippen MR) is 69.6 cm³/mol. The Balaban J connectivity index is 2.04. The van der Waals surface area contributed by atoms with Crippen LogP contribution in [0.15, 0.2) is 29.9 Å². The number of pyridine rings is 1. The Morgan fingerprint density at radius 1 is 1.44 bits per heavy atom. The molecular formula is C10H10N4S2. The molecule has 0 saturated heterocycles. The molecule has 0 aliphatic rings. The van der Waals surface area contributed by atoms with E-state index in [-0.39, 0.29) is 0 Å². The Morgan fingerprint density at radius 2 is 2.31 bits per heavy atom. The maximum absolute atomic E-state index is 5.54. The molecule has 6 heteroatoms. The first-order valence-electron chi connectivity index (χ1n) is 4.64. The summed E-state index contributed by atoms with van der Waals surface area (Å²) in [5.74, 6) is 0.750. The van der Waals surface area contributed by atoms with E-state index < -0.39 is 0 Å². The molecule has 3 N–H and O–H groups in total. The molecular weight excluding hydrogens is 240 g/mol. The third kappa shape index (κ3) is 2.74. The third-order valence-electron chi connectivity index (χ3n) is 1.95. The van der Waals surface area contributed by atoms with Gasteiger partial charge >= 0.3 is 0 Å². The highest BCUT2D eigenvalue weighted by Gasteiger charge is 2.00. The molecule has 4 nitrogen and oxygen atoms in total. The zero-order valence-electron chi connectivity index (χ0n) is 8.38. The fraction of sp³-hybridized carbons (Fsp3) is 0.100. The van der Waals surface area contributed by atoms with Crippen molar-refractivity contribution < 1.29 is 0 Å². The van der Waals surface area contributed by atoms with Crippen LogP contribution in [0.1, 0.15) is 10.6 Å². The first-order chi connectivity index (χ1) is 7.75. The fourth-order valence-electron chi connectivity index (χ4n) is 1.19. The molecule has 0 aliphatic carbocycles. The van der Waals surface area contributed by atoms with E-state index in [0.29, 0.717) is 11.5 Å². The second-order valence-electron chi connectivity index (χ2n) is 3.07. The first-order valence-corrected chi connectivity index (χ1v) is 5.92. The van der Waals surface area contributed by atoms with Crippen LogP contribution in [0, 0.1) is 0 Å². The summed E-state index contributed by atoms with van der Waals surface area (Å²) in [4.78, 5) is 8.71. The van der Waals surface area contributed by atoms with Gasteiger partial charge in [0.15, 0.2) is 0 Å². The van der Waals surface area contributed by atoms with Gasteiger partial charge in [0, 0.05) is 23.3 Å². The quantitative estimate of drug-likeness (QED) is 0.810. The van der Waals surface area contributed by atoms with Gasteiger partial charge in [-0.3, -0.25) is 0 Å². The van der Waals surface area contributed by atoms with Crippen molar-refractivity contribution in [3.63, 3.8) is 0 Å². The van der Waals surface area contributed by atoms with Crippen molar-refractivity contribution in [2.45, 2.75) is 6.54 Å². The molecule has 2 aromatic rings. The molecule has 2 rings (SSSR count). The van der Waals surface area contributed by atoms with E-state index in [9.17, 15) is 0 Å². The van der Waals surface area contributed by atoms with E-state index in [1.165, 1.54) is 0 Å². The van der Waals surface area contributed by atoms with Crippen LogP contribution < -0.4 is 11.1 Å². The van der Waals surface area contributed by atoms with Crippen molar-refractivity contribution >= 4 is 34.4 Å². The summed E-state index contributed by atoms with van der Waals surface area (Å²) in [6.45, 7) is 0.658.